The van der Waals surface area contributed by atoms with Crippen LogP contribution in [0.4, 0.5) is 5.69 Å². The largest absolute Gasteiger partial charge is 0.338 e. The first-order valence-corrected chi connectivity index (χ1v) is 10.2. The zero-order valence-electron chi connectivity index (χ0n) is 17.5. The molecular weight excluding hydrogens is 338 g/mol. The fourth-order valence-corrected chi connectivity index (χ4v) is 3.53. The number of carbonyl (C=O) groups excluding carboxylic acids is 2. The normalized spacial score (nSPS) is 17.7. The third-order valence-corrected chi connectivity index (χ3v) is 5.68. The molecule has 0 radical (unpaired) electrons. The van der Waals surface area contributed by atoms with Crippen molar-refractivity contribution in [1.82, 2.24) is 10.2 Å². The lowest BCUT2D eigenvalue weighted by Crippen LogP contribution is -2.47. The molecule has 27 heavy (non-hydrogen) atoms. The number of anilines is 1. The van der Waals surface area contributed by atoms with Crippen LogP contribution in [-0.2, 0) is 4.79 Å². The fourth-order valence-electron chi connectivity index (χ4n) is 3.53. The molecule has 1 atom stereocenters. The lowest BCUT2D eigenvalue weighted by atomic mass is 9.92. The van der Waals surface area contributed by atoms with E-state index in [1.54, 1.807) is 7.05 Å². The summed E-state index contributed by atoms with van der Waals surface area (Å²) in [7, 11) is 1.76. The molecule has 2 rings (SSSR count). The zero-order valence-corrected chi connectivity index (χ0v) is 17.5. The van der Waals surface area contributed by atoms with Gasteiger partial charge in [0.15, 0.2) is 0 Å². The van der Waals surface area contributed by atoms with Crippen molar-refractivity contribution in [3.05, 3.63) is 29.3 Å². The molecule has 1 unspecified atom stereocenters. The summed E-state index contributed by atoms with van der Waals surface area (Å²) in [5.41, 5.74) is 1.70. The predicted octanol–water partition coefficient (Wildman–Crippen LogP) is 3.97. The molecule has 2 N–H and O–H groups in total. The molecule has 1 heterocycles. The van der Waals surface area contributed by atoms with Crippen LogP contribution in [0.1, 0.15) is 68.8 Å². The SMILES string of the molecule is CCCCC1CCCN(C(=O)c2ccc(NC(=O)C(C)(C)NC)cc2C)C1. The van der Waals surface area contributed by atoms with Gasteiger partial charge in [-0.05, 0) is 76.8 Å². The highest BCUT2D eigenvalue weighted by atomic mass is 16.2. The number of unbranched alkanes of at least 4 members (excludes halogenated alkanes) is 1. The smallest absolute Gasteiger partial charge is 0.254 e. The van der Waals surface area contributed by atoms with Gasteiger partial charge in [-0.15, -0.1) is 0 Å². The molecule has 1 fully saturated rings. The molecule has 0 aromatic heterocycles. The lowest BCUT2D eigenvalue weighted by molar-refractivity contribution is -0.121. The molecule has 0 spiro atoms. The minimum absolute atomic E-state index is 0.0988. The van der Waals surface area contributed by atoms with Crippen molar-refractivity contribution < 1.29 is 9.59 Å². The lowest BCUT2D eigenvalue weighted by Gasteiger charge is -2.33. The maximum atomic E-state index is 13.0. The average molecular weight is 374 g/mol. The summed E-state index contributed by atoms with van der Waals surface area (Å²) >= 11 is 0. The van der Waals surface area contributed by atoms with Crippen LogP contribution in [0.2, 0.25) is 0 Å². The standard InChI is InChI=1S/C22H35N3O2/c1-6-7-9-17-10-8-13-25(15-17)20(26)19-12-11-18(14-16(19)2)24-21(27)22(3,4)23-5/h11-12,14,17,23H,6-10,13,15H2,1-5H3,(H,24,27). The second-order valence-corrected chi connectivity index (χ2v) is 8.26. The van der Waals surface area contributed by atoms with E-state index in [1.807, 2.05) is 43.9 Å². The van der Waals surface area contributed by atoms with E-state index in [0.29, 0.717) is 5.92 Å². The molecule has 5 nitrogen and oxygen atoms in total. The van der Waals surface area contributed by atoms with Gasteiger partial charge < -0.3 is 15.5 Å². The van der Waals surface area contributed by atoms with Crippen molar-refractivity contribution in [2.45, 2.75) is 65.3 Å². The molecule has 1 saturated heterocycles. The summed E-state index contributed by atoms with van der Waals surface area (Å²) in [5.74, 6) is 0.644. The maximum absolute atomic E-state index is 13.0. The van der Waals surface area contributed by atoms with Gasteiger partial charge in [-0.2, -0.15) is 0 Å². The molecule has 150 valence electrons. The van der Waals surface area contributed by atoms with Crippen LogP contribution in [0.3, 0.4) is 0 Å². The number of hydrogen-bond donors (Lipinski definition) is 2. The van der Waals surface area contributed by atoms with Gasteiger partial charge in [-0.3, -0.25) is 9.59 Å². The Kier molecular flexibility index (Phi) is 7.42. The van der Waals surface area contributed by atoms with E-state index >= 15 is 0 Å². The summed E-state index contributed by atoms with van der Waals surface area (Å²) < 4.78 is 0. The molecule has 1 aliphatic heterocycles. The van der Waals surface area contributed by atoms with E-state index in [4.69, 9.17) is 0 Å². The van der Waals surface area contributed by atoms with E-state index in [-0.39, 0.29) is 11.8 Å². The molecule has 0 aliphatic carbocycles. The van der Waals surface area contributed by atoms with Crippen LogP contribution in [0.5, 0.6) is 0 Å². The second-order valence-electron chi connectivity index (χ2n) is 8.26. The first-order valence-electron chi connectivity index (χ1n) is 10.2. The molecule has 1 aromatic rings. The third-order valence-electron chi connectivity index (χ3n) is 5.68. The summed E-state index contributed by atoms with van der Waals surface area (Å²) in [6, 6.07) is 5.55. The highest BCUT2D eigenvalue weighted by Crippen LogP contribution is 2.25. The minimum Gasteiger partial charge on any atom is -0.338 e. The Balaban J connectivity index is 2.06. The second kappa shape index (κ2) is 9.36. The first kappa shape index (κ1) is 21.4. The van der Waals surface area contributed by atoms with Gasteiger partial charge >= 0.3 is 0 Å². The molecule has 1 aromatic carbocycles. The summed E-state index contributed by atoms with van der Waals surface area (Å²) in [6.45, 7) is 9.53. The van der Waals surface area contributed by atoms with E-state index in [2.05, 4.69) is 17.6 Å². The molecule has 0 saturated carbocycles. The van der Waals surface area contributed by atoms with Gasteiger partial charge in [0.1, 0.15) is 0 Å². The number of rotatable bonds is 7. The highest BCUT2D eigenvalue weighted by molar-refractivity contribution is 5.99. The first-order chi connectivity index (χ1) is 12.8. The van der Waals surface area contributed by atoms with Crippen LogP contribution in [0, 0.1) is 12.8 Å². The van der Waals surface area contributed by atoms with Crippen molar-refractivity contribution in [1.29, 1.82) is 0 Å². The minimum atomic E-state index is -0.649. The van der Waals surface area contributed by atoms with Gasteiger partial charge in [-0.1, -0.05) is 19.8 Å². The van der Waals surface area contributed by atoms with E-state index in [1.165, 1.54) is 25.7 Å². The Morgan fingerprint density at radius 2 is 2.04 bits per heavy atom. The van der Waals surface area contributed by atoms with Gasteiger partial charge in [0.25, 0.3) is 5.91 Å². The van der Waals surface area contributed by atoms with Crippen LogP contribution in [-0.4, -0.2) is 42.4 Å². The number of likely N-dealkylation sites (N-methyl/N-ethyl adjacent to an activating group) is 1. The quantitative estimate of drug-likeness (QED) is 0.760. The van der Waals surface area contributed by atoms with Gasteiger partial charge in [0, 0.05) is 24.3 Å². The Morgan fingerprint density at radius 3 is 2.67 bits per heavy atom. The van der Waals surface area contributed by atoms with Crippen LogP contribution in [0.25, 0.3) is 0 Å². The van der Waals surface area contributed by atoms with Gasteiger partial charge in [0.05, 0.1) is 5.54 Å². The zero-order chi connectivity index (χ0) is 20.0. The number of hydrogen-bond acceptors (Lipinski definition) is 3. The number of benzene rings is 1. The average Bonchev–Trinajstić information content (AvgIpc) is 2.66. The number of amides is 2. The van der Waals surface area contributed by atoms with Crippen LogP contribution >= 0.6 is 0 Å². The van der Waals surface area contributed by atoms with Crippen LogP contribution < -0.4 is 10.6 Å². The van der Waals surface area contributed by atoms with Crippen molar-refractivity contribution in [3.63, 3.8) is 0 Å². The Morgan fingerprint density at radius 1 is 1.30 bits per heavy atom. The van der Waals surface area contributed by atoms with Crippen molar-refractivity contribution in [2.24, 2.45) is 5.92 Å². The number of piperidine rings is 1. The molecule has 1 aliphatic rings. The van der Waals surface area contributed by atoms with Crippen molar-refractivity contribution in [3.8, 4) is 0 Å². The number of nitrogens with one attached hydrogen (secondary N) is 2. The molecule has 0 bridgehead atoms. The number of carbonyl (C=O) groups is 2. The molecule has 2 amide bonds. The van der Waals surface area contributed by atoms with Crippen LogP contribution in [0.15, 0.2) is 18.2 Å². The summed E-state index contributed by atoms with van der Waals surface area (Å²) in [5, 5.41) is 5.92. The fraction of sp³-hybridized carbons (Fsp3) is 0.636. The highest BCUT2D eigenvalue weighted by Gasteiger charge is 2.27. The maximum Gasteiger partial charge on any atom is 0.254 e. The topological polar surface area (TPSA) is 61.4 Å². The van der Waals surface area contributed by atoms with Gasteiger partial charge in [-0.25, -0.2) is 0 Å². The van der Waals surface area contributed by atoms with Gasteiger partial charge in [0.2, 0.25) is 5.91 Å². The Hall–Kier alpha value is -1.88. The third kappa shape index (κ3) is 5.55. The number of likely N-dealkylation sites (tertiary alicyclic amines) is 1. The molecular formula is C22H35N3O2. The van der Waals surface area contributed by atoms with Crippen molar-refractivity contribution >= 4 is 17.5 Å². The van der Waals surface area contributed by atoms with E-state index in [9.17, 15) is 9.59 Å². The van der Waals surface area contributed by atoms with E-state index < -0.39 is 5.54 Å². The predicted molar refractivity (Wildman–Crippen MR) is 111 cm³/mol. The van der Waals surface area contributed by atoms with Crippen molar-refractivity contribution in [2.75, 3.05) is 25.5 Å². The van der Waals surface area contributed by atoms with E-state index in [0.717, 1.165) is 36.3 Å². The number of nitrogens with zero attached hydrogens (tertiary/aromatic N) is 1. The number of aryl methyl sites for hydroxylation is 1. The summed E-state index contributed by atoms with van der Waals surface area (Å²) in [6.07, 6.45) is 5.98. The summed E-state index contributed by atoms with van der Waals surface area (Å²) in [4.78, 5) is 27.3. The Bertz CT molecular complexity index is 670. The molecule has 5 heteroatoms. The Labute approximate surface area is 163 Å². The monoisotopic (exact) mass is 373 g/mol.